The van der Waals surface area contributed by atoms with Crippen LogP contribution in [-0.2, 0) is 35.5 Å². The molecule has 13 heteroatoms. The van der Waals surface area contributed by atoms with Gasteiger partial charge in [0.15, 0.2) is 5.82 Å². The van der Waals surface area contributed by atoms with E-state index >= 15 is 0 Å². The molecule has 0 aliphatic rings. The van der Waals surface area contributed by atoms with Gasteiger partial charge in [-0.05, 0) is 63.4 Å². The largest absolute Gasteiger partial charge is 0.465 e. The standard InChI is InChI=1S/C32H43ClN5O6P/c1-7-9-18-42-31(39)22(5)37-45(40,44-24-16-14-23(33)15-17-24)43-20-32(6,21(3)4)38-27(19-41-8-2)36-28-29(38)25-12-10-11-13-26(25)35-30(28)34/h10-17,21-22H,7-9,18-20H2,1-6H3,(H2,34,35)(H,37,40)/t22-,32?,45?/m0/s1. The average molecular weight is 660 g/mol. The van der Waals surface area contributed by atoms with Crippen molar-refractivity contribution in [3.63, 3.8) is 0 Å². The molecule has 0 saturated carbocycles. The molecule has 2 heterocycles. The predicted molar refractivity (Wildman–Crippen MR) is 177 cm³/mol. The number of hydrogen-bond donors (Lipinski definition) is 2. The highest BCUT2D eigenvalue weighted by atomic mass is 35.5. The highest BCUT2D eigenvalue weighted by Gasteiger charge is 2.40. The quantitative estimate of drug-likeness (QED) is 0.0718. The van der Waals surface area contributed by atoms with Gasteiger partial charge < -0.3 is 24.3 Å². The number of hydrogen-bond acceptors (Lipinski definition) is 9. The van der Waals surface area contributed by atoms with Gasteiger partial charge in [-0.25, -0.2) is 14.5 Å². The number of nitrogen functional groups attached to an aromatic ring is 1. The van der Waals surface area contributed by atoms with E-state index in [0.29, 0.717) is 34.3 Å². The normalized spacial score (nSPS) is 15.2. The third kappa shape index (κ3) is 7.96. The molecule has 3 N–H and O–H groups in total. The van der Waals surface area contributed by atoms with E-state index in [1.807, 2.05) is 58.9 Å². The van der Waals surface area contributed by atoms with Gasteiger partial charge in [-0.15, -0.1) is 0 Å². The van der Waals surface area contributed by atoms with E-state index in [1.165, 1.54) is 0 Å². The van der Waals surface area contributed by atoms with Gasteiger partial charge in [0, 0.05) is 17.0 Å². The summed E-state index contributed by atoms with van der Waals surface area (Å²) in [6, 6.07) is 13.1. The second kappa shape index (κ2) is 14.9. The number of nitrogens with zero attached hydrogens (tertiary/aromatic N) is 3. The molecule has 2 aromatic heterocycles. The first-order valence-corrected chi connectivity index (χ1v) is 17.1. The molecular formula is C32H43ClN5O6P. The number of aromatic nitrogens is 3. The molecule has 0 amide bonds. The van der Waals surface area contributed by atoms with Crippen LogP contribution in [0.1, 0.15) is 60.2 Å². The molecule has 11 nitrogen and oxygen atoms in total. The zero-order valence-corrected chi connectivity index (χ0v) is 28.4. The topological polar surface area (TPSA) is 140 Å². The fraction of sp³-hybridized carbons (Fsp3) is 0.469. The Morgan fingerprint density at radius 1 is 1.11 bits per heavy atom. The van der Waals surface area contributed by atoms with Crippen molar-refractivity contribution in [1.82, 2.24) is 19.6 Å². The number of unbranched alkanes of at least 4 members (excludes halogenated alkanes) is 1. The second-order valence-electron chi connectivity index (χ2n) is 11.4. The minimum atomic E-state index is -4.19. The minimum absolute atomic E-state index is 0.0798. The Morgan fingerprint density at radius 2 is 1.82 bits per heavy atom. The fourth-order valence-corrected chi connectivity index (χ4v) is 6.57. The van der Waals surface area contributed by atoms with Crippen LogP contribution in [0, 0.1) is 5.92 Å². The number of ether oxygens (including phenoxy) is 2. The Morgan fingerprint density at radius 3 is 2.49 bits per heavy atom. The van der Waals surface area contributed by atoms with Gasteiger partial charge in [0.1, 0.15) is 29.7 Å². The van der Waals surface area contributed by atoms with Crippen molar-refractivity contribution in [3.8, 4) is 5.75 Å². The lowest BCUT2D eigenvalue weighted by molar-refractivity contribution is -0.145. The number of benzene rings is 2. The van der Waals surface area contributed by atoms with Gasteiger partial charge in [-0.2, -0.15) is 5.09 Å². The Kier molecular flexibility index (Phi) is 11.5. The van der Waals surface area contributed by atoms with E-state index < -0.39 is 25.3 Å². The fourth-order valence-electron chi connectivity index (χ4n) is 4.85. The summed E-state index contributed by atoms with van der Waals surface area (Å²) < 4.78 is 39.9. The number of imidazole rings is 1. The molecule has 0 fully saturated rings. The van der Waals surface area contributed by atoms with Crippen LogP contribution in [0.3, 0.4) is 0 Å². The highest BCUT2D eigenvalue weighted by molar-refractivity contribution is 7.52. The van der Waals surface area contributed by atoms with Crippen molar-refractivity contribution in [2.24, 2.45) is 5.92 Å². The number of pyridine rings is 1. The molecule has 2 aromatic carbocycles. The monoisotopic (exact) mass is 659 g/mol. The first-order valence-electron chi connectivity index (χ1n) is 15.2. The number of rotatable bonds is 16. The molecule has 244 valence electrons. The molecule has 2 unspecified atom stereocenters. The first-order chi connectivity index (χ1) is 21.4. The number of nitrogens with two attached hydrogens (primary N) is 1. The summed E-state index contributed by atoms with van der Waals surface area (Å²) in [4.78, 5) is 22.2. The number of carbonyl (C=O) groups excluding carboxylic acids is 1. The lowest BCUT2D eigenvalue weighted by atomic mass is 9.88. The van der Waals surface area contributed by atoms with Gasteiger partial charge in [0.25, 0.3) is 0 Å². The third-order valence-corrected chi connectivity index (χ3v) is 9.67. The third-order valence-electron chi connectivity index (χ3n) is 7.79. The van der Waals surface area contributed by atoms with Gasteiger partial charge >= 0.3 is 13.7 Å². The zero-order valence-electron chi connectivity index (χ0n) is 26.7. The molecule has 0 aliphatic carbocycles. The number of para-hydroxylation sites is 1. The van der Waals surface area contributed by atoms with Crippen LogP contribution in [0.25, 0.3) is 21.9 Å². The maximum Gasteiger partial charge on any atom is 0.459 e. The van der Waals surface area contributed by atoms with Gasteiger partial charge in [-0.3, -0.25) is 9.32 Å². The van der Waals surface area contributed by atoms with Gasteiger partial charge in [0.05, 0.1) is 29.8 Å². The van der Waals surface area contributed by atoms with Gasteiger partial charge in [0.2, 0.25) is 0 Å². The van der Waals surface area contributed by atoms with Crippen molar-refractivity contribution in [2.75, 3.05) is 25.6 Å². The Balaban J connectivity index is 1.78. The summed E-state index contributed by atoms with van der Waals surface area (Å²) in [5.41, 5.74) is 7.59. The zero-order chi connectivity index (χ0) is 32.8. The van der Waals surface area contributed by atoms with E-state index in [-0.39, 0.29) is 31.5 Å². The molecule has 0 aliphatic heterocycles. The SMILES string of the molecule is CCCCOC(=O)[C@H](C)NP(=O)(OCC(C)(C(C)C)n1c(COCC)nc2c(N)nc3ccccc3c21)Oc1ccc(Cl)cc1. The van der Waals surface area contributed by atoms with Crippen molar-refractivity contribution in [1.29, 1.82) is 0 Å². The Hall–Kier alpha value is -3.21. The van der Waals surface area contributed by atoms with E-state index in [1.54, 1.807) is 31.2 Å². The number of carbonyl (C=O) groups is 1. The van der Waals surface area contributed by atoms with Crippen LogP contribution >= 0.6 is 19.3 Å². The number of esters is 1. The predicted octanol–water partition coefficient (Wildman–Crippen LogP) is 7.25. The van der Waals surface area contributed by atoms with E-state index in [2.05, 4.69) is 14.6 Å². The van der Waals surface area contributed by atoms with E-state index in [9.17, 15) is 9.36 Å². The van der Waals surface area contributed by atoms with Crippen LogP contribution in [0.15, 0.2) is 48.5 Å². The second-order valence-corrected chi connectivity index (χ2v) is 13.5. The summed E-state index contributed by atoms with van der Waals surface area (Å²) in [7, 11) is -4.19. The number of nitrogens with one attached hydrogen (secondary N) is 1. The molecule has 0 spiro atoms. The van der Waals surface area contributed by atoms with E-state index in [4.69, 9.17) is 40.8 Å². The first kappa shape index (κ1) is 34.7. The molecule has 0 radical (unpaired) electrons. The molecule has 45 heavy (non-hydrogen) atoms. The number of fused-ring (bicyclic) bond motifs is 3. The average Bonchev–Trinajstić information content (AvgIpc) is 3.41. The van der Waals surface area contributed by atoms with Crippen molar-refractivity contribution < 1.29 is 27.9 Å². The van der Waals surface area contributed by atoms with Crippen LogP contribution in [0.2, 0.25) is 5.02 Å². The molecule has 0 saturated heterocycles. The minimum Gasteiger partial charge on any atom is -0.465 e. The van der Waals surface area contributed by atoms with Crippen LogP contribution in [0.5, 0.6) is 5.75 Å². The van der Waals surface area contributed by atoms with Gasteiger partial charge in [-0.1, -0.05) is 57.0 Å². The number of halogens is 1. The number of anilines is 1. The summed E-state index contributed by atoms with van der Waals surface area (Å²) >= 11 is 6.07. The van der Waals surface area contributed by atoms with Crippen LogP contribution < -0.4 is 15.3 Å². The lowest BCUT2D eigenvalue weighted by Crippen LogP contribution is -2.43. The maximum atomic E-state index is 14.5. The van der Waals surface area contributed by atoms with Crippen LogP contribution in [0.4, 0.5) is 5.82 Å². The molecule has 0 bridgehead atoms. The molecular weight excluding hydrogens is 617 g/mol. The Labute approximate surface area is 269 Å². The summed E-state index contributed by atoms with van der Waals surface area (Å²) in [5, 5.41) is 4.13. The van der Waals surface area contributed by atoms with Crippen molar-refractivity contribution in [2.45, 2.75) is 72.6 Å². The van der Waals surface area contributed by atoms with Crippen molar-refractivity contribution >= 4 is 53.1 Å². The molecule has 3 atom stereocenters. The van der Waals surface area contributed by atoms with Crippen LogP contribution in [-0.4, -0.2) is 46.4 Å². The molecule has 4 rings (SSSR count). The summed E-state index contributed by atoms with van der Waals surface area (Å²) in [5.74, 6) is 0.520. The van der Waals surface area contributed by atoms with Crippen molar-refractivity contribution in [3.05, 3.63) is 59.4 Å². The highest BCUT2D eigenvalue weighted by Crippen LogP contribution is 2.48. The van der Waals surface area contributed by atoms with E-state index in [0.717, 1.165) is 23.7 Å². The molecule has 4 aromatic rings. The summed E-state index contributed by atoms with van der Waals surface area (Å²) in [6.07, 6.45) is 1.59. The maximum absolute atomic E-state index is 14.5. The Bertz CT molecular complexity index is 1660. The summed E-state index contributed by atoms with van der Waals surface area (Å²) in [6.45, 7) is 12.4. The lowest BCUT2D eigenvalue weighted by Gasteiger charge is -2.38. The smallest absolute Gasteiger partial charge is 0.459 e.